The highest BCUT2D eigenvalue weighted by atomic mass is 16.4. The van der Waals surface area contributed by atoms with Gasteiger partial charge in [0.15, 0.2) is 0 Å². The van der Waals surface area contributed by atoms with Gasteiger partial charge in [0.25, 0.3) is 0 Å². The molecule has 0 aliphatic rings. The summed E-state index contributed by atoms with van der Waals surface area (Å²) in [6.07, 6.45) is -1.96. The van der Waals surface area contributed by atoms with Gasteiger partial charge in [-0.1, -0.05) is 12.1 Å². The number of nitrogens with one attached hydrogen (secondary N) is 3. The van der Waals surface area contributed by atoms with Crippen LogP contribution in [-0.2, 0) is 30.4 Å². The zero-order valence-electron chi connectivity index (χ0n) is 18.1. The van der Waals surface area contributed by atoms with Gasteiger partial charge in [0.1, 0.15) is 23.9 Å². The Morgan fingerprint density at radius 2 is 1.52 bits per heavy atom. The maximum Gasteiger partial charge on any atom is 0.326 e. The average Bonchev–Trinajstić information content (AvgIpc) is 2.71. The molecule has 5 atom stereocenters. The maximum atomic E-state index is 12.6. The fourth-order valence-corrected chi connectivity index (χ4v) is 2.71. The van der Waals surface area contributed by atoms with Crippen molar-refractivity contribution in [1.82, 2.24) is 16.0 Å². The molecule has 1 aromatic rings. The maximum absolute atomic E-state index is 12.6. The second-order valence-electron chi connectivity index (χ2n) is 7.50. The van der Waals surface area contributed by atoms with E-state index in [-0.39, 0.29) is 12.2 Å². The van der Waals surface area contributed by atoms with Gasteiger partial charge in [-0.3, -0.25) is 19.2 Å². The molecule has 13 nitrogen and oxygen atoms in total. The van der Waals surface area contributed by atoms with Crippen LogP contribution in [0.15, 0.2) is 24.3 Å². The van der Waals surface area contributed by atoms with Crippen LogP contribution < -0.4 is 27.4 Å². The first-order chi connectivity index (χ1) is 15.3. The summed E-state index contributed by atoms with van der Waals surface area (Å²) >= 11 is 0. The van der Waals surface area contributed by atoms with E-state index in [2.05, 4.69) is 16.0 Å². The van der Waals surface area contributed by atoms with Crippen LogP contribution in [0.4, 0.5) is 0 Å². The smallest absolute Gasteiger partial charge is 0.326 e. The molecule has 0 heterocycles. The zero-order valence-corrected chi connectivity index (χ0v) is 18.1. The fraction of sp³-hybridized carbons (Fsp3) is 0.450. The molecule has 0 saturated carbocycles. The number of aliphatic hydroxyl groups is 1. The second-order valence-corrected chi connectivity index (χ2v) is 7.50. The summed E-state index contributed by atoms with van der Waals surface area (Å²) in [5, 5.41) is 35.5. The summed E-state index contributed by atoms with van der Waals surface area (Å²) in [4.78, 5) is 59.4. The minimum Gasteiger partial charge on any atom is -0.508 e. The lowest BCUT2D eigenvalue weighted by atomic mass is 10.0. The van der Waals surface area contributed by atoms with E-state index in [1.165, 1.54) is 38.1 Å². The van der Waals surface area contributed by atoms with E-state index in [0.717, 1.165) is 0 Å². The molecule has 10 N–H and O–H groups in total. The van der Waals surface area contributed by atoms with Gasteiger partial charge < -0.3 is 42.7 Å². The summed E-state index contributed by atoms with van der Waals surface area (Å²) in [5.74, 6) is -4.82. The number of aliphatic hydroxyl groups excluding tert-OH is 1. The molecule has 13 heteroatoms. The standard InChI is InChI=1S/C20H29N5O8/c1-9(23-18(30)13(21)8-15(22)28)17(29)25-16(10(2)26)19(31)24-14(20(32)33)7-11-3-5-12(27)6-4-11/h3-6,9-10,13-14,16,26-27H,7-8,21H2,1-2H3,(H2,22,28)(H,23,30)(H,24,31)(H,25,29)(H,32,33)/t9-,10+,13-,14-,16-/m0/s1. The molecule has 0 fully saturated rings. The third-order valence-corrected chi connectivity index (χ3v) is 4.56. The van der Waals surface area contributed by atoms with Crippen LogP contribution >= 0.6 is 0 Å². The van der Waals surface area contributed by atoms with E-state index in [1.807, 2.05) is 0 Å². The number of carbonyl (C=O) groups is 5. The van der Waals surface area contributed by atoms with Gasteiger partial charge in [0.2, 0.25) is 23.6 Å². The SMILES string of the molecule is C[C@H](NC(=O)[C@@H](N)CC(N)=O)C(=O)N[C@H](C(=O)N[C@@H](Cc1ccc(O)cc1)C(=O)O)[C@@H](C)O. The highest BCUT2D eigenvalue weighted by molar-refractivity contribution is 5.95. The van der Waals surface area contributed by atoms with Crippen molar-refractivity contribution in [2.45, 2.75) is 57.0 Å². The van der Waals surface area contributed by atoms with Gasteiger partial charge in [0.05, 0.1) is 18.6 Å². The molecule has 0 bridgehead atoms. The van der Waals surface area contributed by atoms with Crippen LogP contribution in [0.2, 0.25) is 0 Å². The number of phenolic OH excluding ortho intramolecular Hbond substituents is 1. The van der Waals surface area contributed by atoms with Crippen LogP contribution in [0.3, 0.4) is 0 Å². The minimum atomic E-state index is -1.53. The normalized spacial score (nSPS) is 15.3. The van der Waals surface area contributed by atoms with E-state index in [9.17, 15) is 39.3 Å². The van der Waals surface area contributed by atoms with Crippen molar-refractivity contribution in [1.29, 1.82) is 0 Å². The van der Waals surface area contributed by atoms with Crippen LogP contribution in [-0.4, -0.2) is 75.2 Å². The van der Waals surface area contributed by atoms with E-state index >= 15 is 0 Å². The van der Waals surface area contributed by atoms with Crippen molar-refractivity contribution in [2.24, 2.45) is 11.5 Å². The number of primary amides is 1. The van der Waals surface area contributed by atoms with Crippen molar-refractivity contribution < 1.29 is 39.3 Å². The van der Waals surface area contributed by atoms with E-state index in [1.54, 1.807) is 0 Å². The molecule has 0 aliphatic carbocycles. The predicted molar refractivity (Wildman–Crippen MR) is 114 cm³/mol. The molecule has 1 aromatic carbocycles. The molecular formula is C20H29N5O8. The van der Waals surface area contributed by atoms with Crippen LogP contribution in [0.1, 0.15) is 25.8 Å². The van der Waals surface area contributed by atoms with Crippen LogP contribution in [0, 0.1) is 0 Å². The third-order valence-electron chi connectivity index (χ3n) is 4.56. The van der Waals surface area contributed by atoms with Crippen LogP contribution in [0.25, 0.3) is 0 Å². The van der Waals surface area contributed by atoms with Gasteiger partial charge in [-0.05, 0) is 31.5 Å². The molecule has 0 aromatic heterocycles. The summed E-state index contributed by atoms with van der Waals surface area (Å²) < 4.78 is 0. The summed E-state index contributed by atoms with van der Waals surface area (Å²) in [6, 6.07) is 0.307. The first-order valence-electron chi connectivity index (χ1n) is 9.95. The van der Waals surface area contributed by atoms with Gasteiger partial charge in [-0.25, -0.2) is 4.79 Å². The van der Waals surface area contributed by atoms with E-state index in [4.69, 9.17) is 11.5 Å². The van der Waals surface area contributed by atoms with Crippen molar-refractivity contribution in [3.8, 4) is 5.75 Å². The molecule has 0 unspecified atom stereocenters. The first-order valence-corrected chi connectivity index (χ1v) is 9.95. The Bertz CT molecular complexity index is 874. The number of phenols is 1. The molecular weight excluding hydrogens is 438 g/mol. The van der Waals surface area contributed by atoms with Crippen LogP contribution in [0.5, 0.6) is 5.75 Å². The van der Waals surface area contributed by atoms with E-state index in [0.29, 0.717) is 5.56 Å². The molecule has 0 radical (unpaired) electrons. The van der Waals surface area contributed by atoms with Crippen molar-refractivity contribution in [3.63, 3.8) is 0 Å². The zero-order chi connectivity index (χ0) is 25.3. The first kappa shape index (κ1) is 27.3. The Kier molecular flexibility index (Phi) is 10.2. The summed E-state index contributed by atoms with van der Waals surface area (Å²) in [7, 11) is 0. The number of amides is 4. The number of carboxylic acids is 1. The highest BCUT2D eigenvalue weighted by Crippen LogP contribution is 2.11. The average molecular weight is 467 g/mol. The Morgan fingerprint density at radius 1 is 0.939 bits per heavy atom. The number of benzene rings is 1. The Hall–Kier alpha value is -3.71. The topological polar surface area (TPSA) is 234 Å². The lowest BCUT2D eigenvalue weighted by Gasteiger charge is -2.25. The van der Waals surface area contributed by atoms with Crippen molar-refractivity contribution >= 4 is 29.6 Å². The lowest BCUT2D eigenvalue weighted by Crippen LogP contribution is -2.59. The quantitative estimate of drug-likeness (QED) is 0.157. The van der Waals surface area contributed by atoms with Gasteiger partial charge in [-0.2, -0.15) is 0 Å². The number of hydrogen-bond donors (Lipinski definition) is 8. The molecule has 0 aliphatic heterocycles. The monoisotopic (exact) mass is 467 g/mol. The van der Waals surface area contributed by atoms with Gasteiger partial charge in [-0.15, -0.1) is 0 Å². The molecule has 4 amide bonds. The number of carbonyl (C=O) groups excluding carboxylic acids is 4. The minimum absolute atomic E-state index is 0.0108. The van der Waals surface area contributed by atoms with E-state index < -0.39 is 66.3 Å². The molecule has 1 rings (SSSR count). The third kappa shape index (κ3) is 9.13. The highest BCUT2D eigenvalue weighted by Gasteiger charge is 2.31. The Labute approximate surface area is 189 Å². The lowest BCUT2D eigenvalue weighted by molar-refractivity contribution is -0.143. The second kappa shape index (κ2) is 12.4. The van der Waals surface area contributed by atoms with Gasteiger partial charge >= 0.3 is 5.97 Å². The number of rotatable bonds is 12. The molecule has 182 valence electrons. The largest absolute Gasteiger partial charge is 0.508 e. The number of aromatic hydroxyl groups is 1. The molecule has 33 heavy (non-hydrogen) atoms. The predicted octanol–water partition coefficient (Wildman–Crippen LogP) is -2.92. The molecule has 0 spiro atoms. The van der Waals surface area contributed by atoms with Crippen molar-refractivity contribution in [2.75, 3.05) is 0 Å². The number of aliphatic carboxylic acids is 1. The molecule has 0 saturated heterocycles. The summed E-state index contributed by atoms with van der Waals surface area (Å²) in [5.41, 5.74) is 11.0. The van der Waals surface area contributed by atoms with Gasteiger partial charge in [0, 0.05) is 6.42 Å². The summed E-state index contributed by atoms with van der Waals surface area (Å²) in [6.45, 7) is 2.50. The number of hydrogen-bond acceptors (Lipinski definition) is 8. The fourth-order valence-electron chi connectivity index (χ4n) is 2.71. The number of nitrogens with two attached hydrogens (primary N) is 2. The Morgan fingerprint density at radius 3 is 2.00 bits per heavy atom. The Balaban J connectivity index is 2.80. The number of carboxylic acid groups (broad SMARTS) is 1. The van der Waals surface area contributed by atoms with Crippen molar-refractivity contribution in [3.05, 3.63) is 29.8 Å².